The van der Waals surface area contributed by atoms with Crippen molar-refractivity contribution in [1.29, 1.82) is 0 Å². The van der Waals surface area contributed by atoms with Gasteiger partial charge in [0, 0.05) is 0 Å². The Hall–Kier alpha value is -1.55. The summed E-state index contributed by atoms with van der Waals surface area (Å²) in [5.41, 5.74) is 6.04. The highest BCUT2D eigenvalue weighted by Gasteiger charge is 2.19. The summed E-state index contributed by atoms with van der Waals surface area (Å²) in [5.74, 6) is -0.226. The Labute approximate surface area is 82.9 Å². The lowest BCUT2D eigenvalue weighted by Crippen LogP contribution is -2.32. The largest absolute Gasteiger partial charge is 0.508 e. The average molecular weight is 194 g/mol. The molecule has 0 radical (unpaired) electrons. The molecule has 0 aliphatic rings. The molecule has 1 aromatic rings. The molecule has 76 valence electrons. The molecular weight excluding hydrogens is 180 g/mol. The van der Waals surface area contributed by atoms with E-state index in [4.69, 9.17) is 10.8 Å². The van der Waals surface area contributed by atoms with Gasteiger partial charge in [0.15, 0.2) is 0 Å². The Morgan fingerprint density at radius 2 is 1.86 bits per heavy atom. The fourth-order valence-corrected chi connectivity index (χ4v) is 1.37. The molecule has 0 saturated heterocycles. The number of hydrogen-bond donors (Lipinski definition) is 2. The molecule has 1 aromatic carbocycles. The molecule has 1 unspecified atom stereocenters. The fraction of sp³-hybridized carbons (Fsp3) is 0.300. The quantitative estimate of drug-likeness (QED) is 0.735. The van der Waals surface area contributed by atoms with E-state index < -0.39 is 11.9 Å². The zero-order chi connectivity index (χ0) is 10.7. The summed E-state index contributed by atoms with van der Waals surface area (Å²) in [6, 6.07) is 5.99. The van der Waals surface area contributed by atoms with Gasteiger partial charge >= 0.3 is 0 Å². The monoisotopic (exact) mass is 194 g/mol. The minimum absolute atomic E-state index is 0.177. The van der Waals surface area contributed by atoms with Crippen LogP contribution in [0.3, 0.4) is 0 Å². The number of nitrogens with two attached hydrogens (primary N) is 1. The molecule has 0 heterocycles. The van der Waals surface area contributed by atoms with E-state index >= 15 is 0 Å². The first-order chi connectivity index (χ1) is 6.52. The highest BCUT2D eigenvalue weighted by molar-refractivity contribution is 5.81. The predicted molar refractivity (Wildman–Crippen MR) is 53.7 cm³/mol. The SMILES string of the molecule is CN(C)C(C(N)=O)c1ccc(O)cc1. The van der Waals surface area contributed by atoms with E-state index in [0.29, 0.717) is 0 Å². The maximum absolute atomic E-state index is 11.1. The Morgan fingerprint density at radius 1 is 1.36 bits per heavy atom. The lowest BCUT2D eigenvalue weighted by Gasteiger charge is -2.21. The van der Waals surface area contributed by atoms with Gasteiger partial charge < -0.3 is 10.8 Å². The minimum Gasteiger partial charge on any atom is -0.508 e. The van der Waals surface area contributed by atoms with Gasteiger partial charge in [-0.25, -0.2) is 0 Å². The molecule has 0 spiro atoms. The van der Waals surface area contributed by atoms with Crippen molar-refractivity contribution in [2.45, 2.75) is 6.04 Å². The van der Waals surface area contributed by atoms with E-state index in [1.165, 1.54) is 12.1 Å². The molecule has 4 heteroatoms. The number of carbonyl (C=O) groups excluding carboxylic acids is 1. The van der Waals surface area contributed by atoms with Crippen LogP contribution in [0.5, 0.6) is 5.75 Å². The Kier molecular flexibility index (Phi) is 3.09. The maximum Gasteiger partial charge on any atom is 0.239 e. The summed E-state index contributed by atoms with van der Waals surface area (Å²) in [7, 11) is 3.56. The molecular formula is C10H14N2O2. The molecule has 14 heavy (non-hydrogen) atoms. The second kappa shape index (κ2) is 4.11. The third-order valence-electron chi connectivity index (χ3n) is 1.99. The Morgan fingerprint density at radius 3 is 2.21 bits per heavy atom. The highest BCUT2D eigenvalue weighted by atomic mass is 16.3. The zero-order valence-corrected chi connectivity index (χ0v) is 8.27. The van der Waals surface area contributed by atoms with Crippen molar-refractivity contribution in [1.82, 2.24) is 4.90 Å². The van der Waals surface area contributed by atoms with E-state index in [0.717, 1.165) is 5.56 Å². The van der Waals surface area contributed by atoms with Crippen molar-refractivity contribution in [3.05, 3.63) is 29.8 Å². The van der Waals surface area contributed by atoms with Gasteiger partial charge in [-0.2, -0.15) is 0 Å². The molecule has 0 aliphatic carbocycles. The van der Waals surface area contributed by atoms with Crippen LogP contribution in [0.2, 0.25) is 0 Å². The summed E-state index contributed by atoms with van der Waals surface area (Å²) in [5, 5.41) is 9.09. The standard InChI is InChI=1S/C10H14N2O2/c1-12(2)9(10(11)14)7-3-5-8(13)6-4-7/h3-6,9,13H,1-2H3,(H2,11,14). The van der Waals surface area contributed by atoms with Crippen molar-refractivity contribution >= 4 is 5.91 Å². The smallest absolute Gasteiger partial charge is 0.239 e. The van der Waals surface area contributed by atoms with Crippen LogP contribution >= 0.6 is 0 Å². The molecule has 1 rings (SSSR count). The van der Waals surface area contributed by atoms with Crippen LogP contribution in [-0.2, 0) is 4.79 Å². The van der Waals surface area contributed by atoms with Crippen LogP contribution in [0.4, 0.5) is 0 Å². The van der Waals surface area contributed by atoms with Gasteiger partial charge in [-0.1, -0.05) is 12.1 Å². The Balaban J connectivity index is 3.00. The predicted octanol–water partition coefficient (Wildman–Crippen LogP) is 0.480. The number of likely N-dealkylation sites (N-methyl/N-ethyl adjacent to an activating group) is 1. The van der Waals surface area contributed by atoms with Gasteiger partial charge in [-0.05, 0) is 31.8 Å². The number of primary amides is 1. The number of rotatable bonds is 3. The maximum atomic E-state index is 11.1. The van der Waals surface area contributed by atoms with Gasteiger partial charge in [-0.3, -0.25) is 9.69 Å². The molecule has 0 saturated carbocycles. The van der Waals surface area contributed by atoms with Crippen molar-refractivity contribution in [3.8, 4) is 5.75 Å². The van der Waals surface area contributed by atoms with Crippen molar-refractivity contribution in [2.24, 2.45) is 5.73 Å². The van der Waals surface area contributed by atoms with E-state index in [1.54, 1.807) is 31.1 Å². The van der Waals surface area contributed by atoms with Gasteiger partial charge in [-0.15, -0.1) is 0 Å². The first-order valence-corrected chi connectivity index (χ1v) is 4.27. The number of benzene rings is 1. The molecule has 0 bridgehead atoms. The highest BCUT2D eigenvalue weighted by Crippen LogP contribution is 2.20. The first kappa shape index (κ1) is 10.5. The van der Waals surface area contributed by atoms with Gasteiger partial charge in [0.2, 0.25) is 5.91 Å². The lowest BCUT2D eigenvalue weighted by atomic mass is 10.1. The number of hydrogen-bond acceptors (Lipinski definition) is 3. The third kappa shape index (κ3) is 2.23. The number of amides is 1. The number of nitrogens with zero attached hydrogens (tertiary/aromatic N) is 1. The van der Waals surface area contributed by atoms with E-state index in [1.807, 2.05) is 0 Å². The third-order valence-corrected chi connectivity index (χ3v) is 1.99. The zero-order valence-electron chi connectivity index (χ0n) is 8.27. The number of phenols is 1. The molecule has 0 fully saturated rings. The van der Waals surface area contributed by atoms with Crippen molar-refractivity contribution < 1.29 is 9.90 Å². The number of phenolic OH excluding ortho intramolecular Hbond substituents is 1. The number of aromatic hydroxyl groups is 1. The summed E-state index contributed by atoms with van der Waals surface area (Å²) in [4.78, 5) is 12.9. The van der Waals surface area contributed by atoms with E-state index in [-0.39, 0.29) is 5.75 Å². The molecule has 1 amide bonds. The molecule has 0 aliphatic heterocycles. The van der Waals surface area contributed by atoms with Crippen molar-refractivity contribution in [3.63, 3.8) is 0 Å². The minimum atomic E-state index is -0.449. The lowest BCUT2D eigenvalue weighted by molar-refractivity contribution is -0.122. The molecule has 3 N–H and O–H groups in total. The van der Waals surface area contributed by atoms with Gasteiger partial charge in [0.1, 0.15) is 11.8 Å². The van der Waals surface area contributed by atoms with Crippen LogP contribution < -0.4 is 5.73 Å². The summed E-state index contributed by atoms with van der Waals surface area (Å²) in [6.45, 7) is 0. The molecule has 4 nitrogen and oxygen atoms in total. The second-order valence-corrected chi connectivity index (χ2v) is 3.36. The van der Waals surface area contributed by atoms with Gasteiger partial charge in [0.05, 0.1) is 0 Å². The Bertz CT molecular complexity index is 319. The molecule has 1 atom stereocenters. The van der Waals surface area contributed by atoms with E-state index in [2.05, 4.69) is 0 Å². The summed E-state index contributed by atoms with van der Waals surface area (Å²) < 4.78 is 0. The number of carbonyl (C=O) groups is 1. The van der Waals surface area contributed by atoms with Crippen LogP contribution in [-0.4, -0.2) is 30.0 Å². The second-order valence-electron chi connectivity index (χ2n) is 3.36. The molecule has 0 aromatic heterocycles. The van der Waals surface area contributed by atoms with Crippen molar-refractivity contribution in [2.75, 3.05) is 14.1 Å². The summed E-state index contributed by atoms with van der Waals surface area (Å²) in [6.07, 6.45) is 0. The van der Waals surface area contributed by atoms with Gasteiger partial charge in [0.25, 0.3) is 0 Å². The first-order valence-electron chi connectivity index (χ1n) is 4.27. The average Bonchev–Trinajstić information content (AvgIpc) is 2.07. The fourth-order valence-electron chi connectivity index (χ4n) is 1.37. The van der Waals surface area contributed by atoms with E-state index in [9.17, 15) is 4.79 Å². The van der Waals surface area contributed by atoms with Crippen LogP contribution in [0.15, 0.2) is 24.3 Å². The van der Waals surface area contributed by atoms with Crippen LogP contribution in [0.25, 0.3) is 0 Å². The van der Waals surface area contributed by atoms with Crippen LogP contribution in [0.1, 0.15) is 11.6 Å². The summed E-state index contributed by atoms with van der Waals surface area (Å²) >= 11 is 0. The topological polar surface area (TPSA) is 66.6 Å². The van der Waals surface area contributed by atoms with Crippen LogP contribution in [0, 0.1) is 0 Å². The normalized spacial score (nSPS) is 12.8.